The Labute approximate surface area is 105 Å². The van der Waals surface area contributed by atoms with Gasteiger partial charge in [0.1, 0.15) is 0 Å². The van der Waals surface area contributed by atoms with Crippen LogP contribution in [0, 0.1) is 0 Å². The highest BCUT2D eigenvalue weighted by atomic mass is 16.1. The molecule has 18 heavy (non-hydrogen) atoms. The maximum absolute atomic E-state index is 11.4. The lowest BCUT2D eigenvalue weighted by atomic mass is 9.97. The van der Waals surface area contributed by atoms with Crippen molar-refractivity contribution in [2.75, 3.05) is 5.73 Å². The predicted molar refractivity (Wildman–Crippen MR) is 72.7 cm³/mol. The van der Waals surface area contributed by atoms with Gasteiger partial charge in [-0.15, -0.1) is 0 Å². The highest BCUT2D eigenvalue weighted by molar-refractivity contribution is 6.00. The third-order valence-electron chi connectivity index (χ3n) is 2.87. The van der Waals surface area contributed by atoms with E-state index >= 15 is 0 Å². The molecule has 0 saturated heterocycles. The molecule has 0 bridgehead atoms. The molecule has 0 saturated carbocycles. The molecule has 0 aliphatic carbocycles. The summed E-state index contributed by atoms with van der Waals surface area (Å²) in [6, 6.07) is 12.7. The van der Waals surface area contributed by atoms with Gasteiger partial charge in [-0.05, 0) is 28.8 Å². The van der Waals surface area contributed by atoms with Crippen molar-refractivity contribution < 1.29 is 4.79 Å². The van der Waals surface area contributed by atoms with Crippen molar-refractivity contribution >= 4 is 11.6 Å². The van der Waals surface area contributed by atoms with E-state index in [0.717, 1.165) is 16.7 Å². The van der Waals surface area contributed by atoms with E-state index in [1.165, 1.54) is 0 Å². The first-order chi connectivity index (χ1) is 8.63. The molecule has 0 aliphatic rings. The molecule has 2 rings (SSSR count). The Hall–Kier alpha value is -2.33. The SMILES string of the molecule is NCc1ccc(-c2ccccc2C(N)=O)cc1N. The number of rotatable bonds is 3. The maximum atomic E-state index is 11.4. The quantitative estimate of drug-likeness (QED) is 0.710. The van der Waals surface area contributed by atoms with Crippen LogP contribution in [-0.4, -0.2) is 5.91 Å². The largest absolute Gasteiger partial charge is 0.398 e. The lowest BCUT2D eigenvalue weighted by molar-refractivity contribution is 0.100. The van der Waals surface area contributed by atoms with Crippen molar-refractivity contribution in [2.45, 2.75) is 6.54 Å². The van der Waals surface area contributed by atoms with Crippen molar-refractivity contribution in [3.63, 3.8) is 0 Å². The molecule has 0 aromatic heterocycles. The molecule has 0 unspecified atom stereocenters. The molecule has 0 aliphatic heterocycles. The summed E-state index contributed by atoms with van der Waals surface area (Å²) in [7, 11) is 0. The Balaban J connectivity index is 2.55. The normalized spacial score (nSPS) is 10.3. The number of nitrogen functional groups attached to an aromatic ring is 1. The number of carbonyl (C=O) groups is 1. The van der Waals surface area contributed by atoms with E-state index in [0.29, 0.717) is 17.8 Å². The summed E-state index contributed by atoms with van der Waals surface area (Å²) in [5.41, 5.74) is 20.4. The number of benzene rings is 2. The highest BCUT2D eigenvalue weighted by Crippen LogP contribution is 2.26. The lowest BCUT2D eigenvalue weighted by Gasteiger charge is -2.09. The molecule has 0 radical (unpaired) electrons. The fraction of sp³-hybridized carbons (Fsp3) is 0.0714. The molecule has 0 atom stereocenters. The van der Waals surface area contributed by atoms with Gasteiger partial charge >= 0.3 is 0 Å². The first-order valence-corrected chi connectivity index (χ1v) is 5.61. The second-order valence-corrected chi connectivity index (χ2v) is 4.03. The van der Waals surface area contributed by atoms with Gasteiger partial charge in [-0.3, -0.25) is 4.79 Å². The number of amides is 1. The van der Waals surface area contributed by atoms with Gasteiger partial charge in [0.25, 0.3) is 0 Å². The van der Waals surface area contributed by atoms with E-state index in [1.54, 1.807) is 12.1 Å². The molecule has 4 heteroatoms. The topological polar surface area (TPSA) is 95.1 Å². The van der Waals surface area contributed by atoms with E-state index < -0.39 is 5.91 Å². The Morgan fingerprint density at radius 1 is 1.11 bits per heavy atom. The number of nitrogens with two attached hydrogens (primary N) is 3. The Kier molecular flexibility index (Phi) is 3.30. The Bertz CT molecular complexity index is 593. The third-order valence-corrected chi connectivity index (χ3v) is 2.87. The summed E-state index contributed by atoms with van der Waals surface area (Å²) >= 11 is 0. The molecular weight excluding hydrogens is 226 g/mol. The van der Waals surface area contributed by atoms with Gasteiger partial charge in [0, 0.05) is 17.8 Å². The maximum Gasteiger partial charge on any atom is 0.249 e. The van der Waals surface area contributed by atoms with E-state index in [9.17, 15) is 4.79 Å². The van der Waals surface area contributed by atoms with Crippen LogP contribution in [0.2, 0.25) is 0 Å². The van der Waals surface area contributed by atoms with Crippen LogP contribution in [0.25, 0.3) is 11.1 Å². The predicted octanol–water partition coefficient (Wildman–Crippen LogP) is 1.49. The molecule has 6 N–H and O–H groups in total. The van der Waals surface area contributed by atoms with E-state index in [1.807, 2.05) is 30.3 Å². The third kappa shape index (κ3) is 2.19. The van der Waals surface area contributed by atoms with E-state index in [2.05, 4.69) is 0 Å². The van der Waals surface area contributed by atoms with Crippen molar-refractivity contribution in [3.8, 4) is 11.1 Å². The van der Waals surface area contributed by atoms with Crippen molar-refractivity contribution in [1.82, 2.24) is 0 Å². The molecule has 0 fully saturated rings. The minimum atomic E-state index is -0.452. The molecule has 0 spiro atoms. The van der Waals surface area contributed by atoms with E-state index in [4.69, 9.17) is 17.2 Å². The zero-order valence-corrected chi connectivity index (χ0v) is 9.89. The summed E-state index contributed by atoms with van der Waals surface area (Å²) in [5.74, 6) is -0.452. The average molecular weight is 241 g/mol. The molecule has 1 amide bonds. The Morgan fingerprint density at radius 2 is 1.83 bits per heavy atom. The van der Waals surface area contributed by atoms with Crippen LogP contribution in [0.15, 0.2) is 42.5 Å². The summed E-state index contributed by atoms with van der Waals surface area (Å²) < 4.78 is 0. The van der Waals surface area contributed by atoms with Crippen molar-refractivity contribution in [3.05, 3.63) is 53.6 Å². The molecule has 4 nitrogen and oxygen atoms in total. The minimum absolute atomic E-state index is 0.392. The van der Waals surface area contributed by atoms with Crippen LogP contribution < -0.4 is 17.2 Å². The van der Waals surface area contributed by atoms with Gasteiger partial charge in [-0.25, -0.2) is 0 Å². The lowest BCUT2D eigenvalue weighted by Crippen LogP contribution is -2.12. The fourth-order valence-corrected chi connectivity index (χ4v) is 1.90. The number of hydrogen-bond acceptors (Lipinski definition) is 3. The first-order valence-electron chi connectivity index (χ1n) is 5.61. The minimum Gasteiger partial charge on any atom is -0.398 e. The van der Waals surface area contributed by atoms with Crippen LogP contribution >= 0.6 is 0 Å². The monoisotopic (exact) mass is 241 g/mol. The number of anilines is 1. The zero-order chi connectivity index (χ0) is 13.1. The Morgan fingerprint density at radius 3 is 2.44 bits per heavy atom. The summed E-state index contributed by atoms with van der Waals surface area (Å²) in [6.45, 7) is 0.392. The molecule has 2 aromatic carbocycles. The fourth-order valence-electron chi connectivity index (χ4n) is 1.90. The number of primary amides is 1. The smallest absolute Gasteiger partial charge is 0.249 e. The second kappa shape index (κ2) is 4.89. The first kappa shape index (κ1) is 12.1. The van der Waals surface area contributed by atoms with Crippen LogP contribution in [0.1, 0.15) is 15.9 Å². The highest BCUT2D eigenvalue weighted by Gasteiger charge is 2.10. The summed E-state index contributed by atoms with van der Waals surface area (Å²) in [4.78, 5) is 11.4. The van der Waals surface area contributed by atoms with Gasteiger partial charge < -0.3 is 17.2 Å². The zero-order valence-electron chi connectivity index (χ0n) is 9.89. The molecule has 2 aromatic rings. The molecule has 0 heterocycles. The van der Waals surface area contributed by atoms with Crippen molar-refractivity contribution in [2.24, 2.45) is 11.5 Å². The number of hydrogen-bond donors (Lipinski definition) is 3. The van der Waals surface area contributed by atoms with Crippen LogP contribution in [0.5, 0.6) is 0 Å². The number of carbonyl (C=O) groups excluding carboxylic acids is 1. The second-order valence-electron chi connectivity index (χ2n) is 4.03. The van der Waals surface area contributed by atoms with Crippen LogP contribution in [-0.2, 0) is 6.54 Å². The van der Waals surface area contributed by atoms with Gasteiger partial charge in [0.2, 0.25) is 5.91 Å². The molecular formula is C14H15N3O. The van der Waals surface area contributed by atoms with Gasteiger partial charge in [-0.2, -0.15) is 0 Å². The van der Waals surface area contributed by atoms with Gasteiger partial charge in [0.05, 0.1) is 0 Å². The van der Waals surface area contributed by atoms with E-state index in [-0.39, 0.29) is 0 Å². The summed E-state index contributed by atoms with van der Waals surface area (Å²) in [5, 5.41) is 0. The molecule has 92 valence electrons. The standard InChI is InChI=1S/C14H15N3O/c15-8-10-6-5-9(7-13(10)16)11-3-1-2-4-12(11)14(17)18/h1-7H,8,15-16H2,(H2,17,18). The van der Waals surface area contributed by atoms with Crippen molar-refractivity contribution in [1.29, 1.82) is 0 Å². The van der Waals surface area contributed by atoms with Gasteiger partial charge in [0.15, 0.2) is 0 Å². The average Bonchev–Trinajstić information content (AvgIpc) is 2.38. The van der Waals surface area contributed by atoms with Crippen LogP contribution in [0.3, 0.4) is 0 Å². The summed E-state index contributed by atoms with van der Waals surface area (Å²) in [6.07, 6.45) is 0. The van der Waals surface area contributed by atoms with Gasteiger partial charge in [-0.1, -0.05) is 30.3 Å². The van der Waals surface area contributed by atoms with Crippen LogP contribution in [0.4, 0.5) is 5.69 Å².